The van der Waals surface area contributed by atoms with Crippen LogP contribution < -0.4 is 15.4 Å². The Morgan fingerprint density at radius 1 is 0.871 bits per heavy atom. The summed E-state index contributed by atoms with van der Waals surface area (Å²) in [5.74, 6) is 0.367. The van der Waals surface area contributed by atoms with Gasteiger partial charge in [-0.15, -0.1) is 11.8 Å². The molecule has 6 heteroatoms. The maximum atomic E-state index is 12.9. The largest absolute Gasteiger partial charge is 0.497 e. The van der Waals surface area contributed by atoms with Gasteiger partial charge in [0.1, 0.15) is 5.75 Å². The second-order valence-electron chi connectivity index (χ2n) is 7.08. The molecule has 0 aromatic heterocycles. The molecule has 0 heterocycles. The van der Waals surface area contributed by atoms with Gasteiger partial charge in [-0.2, -0.15) is 0 Å². The minimum Gasteiger partial charge on any atom is -0.497 e. The molecule has 31 heavy (non-hydrogen) atoms. The van der Waals surface area contributed by atoms with E-state index in [9.17, 15) is 9.59 Å². The van der Waals surface area contributed by atoms with Crippen LogP contribution in [0.2, 0.25) is 0 Å². The summed E-state index contributed by atoms with van der Waals surface area (Å²) in [4.78, 5) is 26.6. The molecular formula is C25H26N2O3S. The molecule has 3 rings (SSSR count). The Morgan fingerprint density at radius 3 is 2.19 bits per heavy atom. The van der Waals surface area contributed by atoms with Gasteiger partial charge in [0.05, 0.1) is 29.7 Å². The van der Waals surface area contributed by atoms with Crippen LogP contribution in [0.4, 0.5) is 5.69 Å². The highest BCUT2D eigenvalue weighted by molar-refractivity contribution is 8.00. The van der Waals surface area contributed by atoms with Crippen LogP contribution in [0.3, 0.4) is 0 Å². The maximum absolute atomic E-state index is 12.9. The third-order valence-corrected chi connectivity index (χ3v) is 5.93. The molecule has 0 fully saturated rings. The molecule has 0 aliphatic heterocycles. The van der Waals surface area contributed by atoms with Crippen LogP contribution in [-0.4, -0.2) is 24.2 Å². The fourth-order valence-corrected chi connectivity index (χ4v) is 3.90. The van der Waals surface area contributed by atoms with Gasteiger partial charge in [-0.25, -0.2) is 0 Å². The second kappa shape index (κ2) is 10.7. The maximum Gasteiger partial charge on any atom is 0.253 e. The van der Waals surface area contributed by atoms with Gasteiger partial charge in [-0.05, 0) is 55.8 Å². The number of rotatable bonds is 8. The molecule has 2 atom stereocenters. The molecule has 2 N–H and O–H groups in total. The van der Waals surface area contributed by atoms with Crippen LogP contribution in [0.1, 0.15) is 35.8 Å². The van der Waals surface area contributed by atoms with Crippen LogP contribution in [-0.2, 0) is 4.79 Å². The number of benzene rings is 3. The zero-order chi connectivity index (χ0) is 22.2. The topological polar surface area (TPSA) is 67.4 Å². The Hall–Kier alpha value is -3.25. The molecule has 3 aromatic rings. The molecule has 5 nitrogen and oxygen atoms in total. The van der Waals surface area contributed by atoms with Crippen molar-refractivity contribution in [2.24, 2.45) is 0 Å². The van der Waals surface area contributed by atoms with Crippen LogP contribution in [0, 0.1) is 0 Å². The van der Waals surface area contributed by atoms with Gasteiger partial charge in [-0.1, -0.05) is 42.5 Å². The number of ether oxygens (including phenoxy) is 1. The Labute approximate surface area is 187 Å². The number of carbonyl (C=O) groups excluding carboxylic acids is 2. The fraction of sp³-hybridized carbons (Fsp3) is 0.200. The lowest BCUT2D eigenvalue weighted by molar-refractivity contribution is -0.115. The van der Waals surface area contributed by atoms with E-state index >= 15 is 0 Å². The molecule has 2 amide bonds. The normalized spacial score (nSPS) is 12.5. The number of methoxy groups -OCH3 is 1. The Kier molecular flexibility index (Phi) is 7.73. The Morgan fingerprint density at radius 2 is 1.52 bits per heavy atom. The molecular weight excluding hydrogens is 408 g/mol. The number of hydrogen-bond donors (Lipinski definition) is 2. The lowest BCUT2D eigenvalue weighted by Gasteiger charge is -2.17. The third kappa shape index (κ3) is 6.12. The van der Waals surface area contributed by atoms with E-state index in [1.165, 1.54) is 11.8 Å². The average molecular weight is 435 g/mol. The fourth-order valence-electron chi connectivity index (χ4n) is 3.04. The van der Waals surface area contributed by atoms with Gasteiger partial charge in [0, 0.05) is 4.90 Å². The summed E-state index contributed by atoms with van der Waals surface area (Å²) in [6.07, 6.45) is 0. The van der Waals surface area contributed by atoms with Crippen molar-refractivity contribution in [3.05, 3.63) is 90.0 Å². The number of amides is 2. The van der Waals surface area contributed by atoms with Gasteiger partial charge in [-0.3, -0.25) is 9.59 Å². The molecule has 3 aromatic carbocycles. The first-order chi connectivity index (χ1) is 15.0. The van der Waals surface area contributed by atoms with Gasteiger partial charge in [0.15, 0.2) is 0 Å². The van der Waals surface area contributed by atoms with Crippen molar-refractivity contribution in [1.29, 1.82) is 0 Å². The summed E-state index contributed by atoms with van der Waals surface area (Å²) < 4.78 is 5.17. The zero-order valence-electron chi connectivity index (χ0n) is 17.8. The Bertz CT molecular complexity index is 1020. The van der Waals surface area contributed by atoms with E-state index in [2.05, 4.69) is 10.6 Å². The Balaban J connectivity index is 1.66. The molecule has 160 valence electrons. The third-order valence-electron chi connectivity index (χ3n) is 4.82. The second-order valence-corrected chi connectivity index (χ2v) is 8.49. The molecule has 0 bridgehead atoms. The lowest BCUT2D eigenvalue weighted by atomic mass is 10.1. The van der Waals surface area contributed by atoms with E-state index in [-0.39, 0.29) is 23.1 Å². The van der Waals surface area contributed by atoms with E-state index in [4.69, 9.17) is 4.74 Å². The van der Waals surface area contributed by atoms with Crippen molar-refractivity contribution >= 4 is 29.3 Å². The highest BCUT2D eigenvalue weighted by atomic mass is 32.2. The number of thioether (sulfide) groups is 1. The van der Waals surface area contributed by atoms with E-state index in [0.717, 1.165) is 16.2 Å². The summed E-state index contributed by atoms with van der Waals surface area (Å²) >= 11 is 1.44. The van der Waals surface area contributed by atoms with Crippen molar-refractivity contribution in [3.8, 4) is 5.75 Å². The first-order valence-corrected chi connectivity index (χ1v) is 10.9. The van der Waals surface area contributed by atoms with E-state index < -0.39 is 0 Å². The van der Waals surface area contributed by atoms with Crippen molar-refractivity contribution in [2.45, 2.75) is 30.0 Å². The monoisotopic (exact) mass is 434 g/mol. The quantitative estimate of drug-likeness (QED) is 0.472. The zero-order valence-corrected chi connectivity index (χ0v) is 18.6. The standard InChI is InChI=1S/C25H26N2O3S/c1-17(19-9-5-4-6-10-19)26-25(29)22-11-7-8-12-23(22)27-24(28)18(2)31-21-15-13-20(30-3)14-16-21/h4-18H,1-3H3,(H,26,29)(H,27,28)/t17-,18-/m0/s1. The SMILES string of the molecule is COc1ccc(S[C@@H](C)C(=O)Nc2ccccc2C(=O)N[C@@H](C)c2ccccc2)cc1. The predicted molar refractivity (Wildman–Crippen MR) is 126 cm³/mol. The van der Waals surface area contributed by atoms with Gasteiger partial charge >= 0.3 is 0 Å². The average Bonchev–Trinajstić information content (AvgIpc) is 2.80. The van der Waals surface area contributed by atoms with Crippen molar-refractivity contribution in [2.75, 3.05) is 12.4 Å². The summed E-state index contributed by atoms with van der Waals surface area (Å²) in [6.45, 7) is 3.77. The molecule has 0 saturated carbocycles. The van der Waals surface area contributed by atoms with Crippen LogP contribution in [0.25, 0.3) is 0 Å². The van der Waals surface area contributed by atoms with Crippen LogP contribution >= 0.6 is 11.8 Å². The lowest BCUT2D eigenvalue weighted by Crippen LogP contribution is -2.29. The number of hydrogen-bond acceptors (Lipinski definition) is 4. The summed E-state index contributed by atoms with van der Waals surface area (Å²) in [5, 5.41) is 5.56. The first-order valence-electron chi connectivity index (χ1n) is 10.0. The molecule has 0 saturated heterocycles. The molecule has 0 spiro atoms. The summed E-state index contributed by atoms with van der Waals surface area (Å²) in [6, 6.07) is 24.2. The van der Waals surface area contributed by atoms with Gasteiger partial charge in [0.25, 0.3) is 5.91 Å². The minimum absolute atomic E-state index is 0.151. The highest BCUT2D eigenvalue weighted by Gasteiger charge is 2.19. The number of carbonyl (C=O) groups is 2. The van der Waals surface area contributed by atoms with E-state index in [1.807, 2.05) is 68.4 Å². The van der Waals surface area contributed by atoms with Crippen molar-refractivity contribution in [3.63, 3.8) is 0 Å². The van der Waals surface area contributed by atoms with Crippen molar-refractivity contribution < 1.29 is 14.3 Å². The van der Waals surface area contributed by atoms with Gasteiger partial charge in [0.2, 0.25) is 5.91 Å². The molecule has 0 radical (unpaired) electrons. The summed E-state index contributed by atoms with van der Waals surface area (Å²) in [7, 11) is 1.62. The van der Waals surface area contributed by atoms with Gasteiger partial charge < -0.3 is 15.4 Å². The number of anilines is 1. The number of para-hydroxylation sites is 1. The first kappa shape index (κ1) is 22.4. The van der Waals surface area contributed by atoms with E-state index in [1.54, 1.807) is 31.4 Å². The molecule has 0 unspecified atom stereocenters. The van der Waals surface area contributed by atoms with Crippen LogP contribution in [0.15, 0.2) is 83.8 Å². The predicted octanol–water partition coefficient (Wildman–Crippen LogP) is 5.31. The molecule has 0 aliphatic rings. The minimum atomic E-state index is -0.340. The smallest absolute Gasteiger partial charge is 0.253 e. The van der Waals surface area contributed by atoms with E-state index in [0.29, 0.717) is 11.3 Å². The van der Waals surface area contributed by atoms with Crippen molar-refractivity contribution in [1.82, 2.24) is 5.32 Å². The highest BCUT2D eigenvalue weighted by Crippen LogP contribution is 2.27. The van der Waals surface area contributed by atoms with Crippen LogP contribution in [0.5, 0.6) is 5.75 Å². The number of nitrogens with one attached hydrogen (secondary N) is 2. The molecule has 0 aliphatic carbocycles. The summed E-state index contributed by atoms with van der Waals surface area (Å²) in [5.41, 5.74) is 1.94.